The van der Waals surface area contributed by atoms with Gasteiger partial charge in [0, 0.05) is 24.1 Å². The fourth-order valence-corrected chi connectivity index (χ4v) is 3.66. The summed E-state index contributed by atoms with van der Waals surface area (Å²) in [5.74, 6) is -2.20. The highest BCUT2D eigenvalue weighted by atomic mass is 32.2. The van der Waals surface area contributed by atoms with Crippen LogP contribution in [0, 0.1) is 5.92 Å². The molecule has 1 aromatic rings. The number of thioether (sulfide) groups is 1. The number of carboxylic acid groups (broad SMARTS) is 1. The molecule has 1 rings (SSSR count). The quantitative estimate of drug-likeness (QED) is 0.158. The van der Waals surface area contributed by atoms with E-state index in [1.54, 1.807) is 11.8 Å². The maximum atomic E-state index is 12.9. The van der Waals surface area contributed by atoms with Crippen molar-refractivity contribution in [2.24, 2.45) is 11.7 Å². The maximum absolute atomic E-state index is 12.9. The monoisotopic (exact) mass is 502 g/mol. The van der Waals surface area contributed by atoms with Crippen LogP contribution in [0.4, 0.5) is 0 Å². The van der Waals surface area contributed by atoms with Gasteiger partial charge in [-0.25, -0.2) is 9.78 Å². The second-order valence-corrected chi connectivity index (χ2v) is 9.35. The molecule has 0 fully saturated rings. The number of nitrogens with zero attached hydrogens (tertiary/aromatic N) is 1. The molecule has 0 radical (unpaired) electrons. The highest BCUT2D eigenvalue weighted by Crippen LogP contribution is 2.08. The lowest BCUT2D eigenvalue weighted by atomic mass is 10.0. The van der Waals surface area contributed by atoms with Crippen LogP contribution in [0.1, 0.15) is 32.4 Å². The van der Waals surface area contributed by atoms with Crippen LogP contribution in [0.15, 0.2) is 12.5 Å². The highest BCUT2D eigenvalue weighted by Gasteiger charge is 2.30. The first-order valence-corrected chi connectivity index (χ1v) is 12.6. The Labute approximate surface area is 203 Å². The summed E-state index contributed by atoms with van der Waals surface area (Å²) in [5, 5.41) is 17.2. The van der Waals surface area contributed by atoms with Gasteiger partial charge in [-0.1, -0.05) is 13.8 Å². The zero-order valence-corrected chi connectivity index (χ0v) is 20.7. The number of carbonyl (C=O) groups is 4. The number of rotatable bonds is 15. The van der Waals surface area contributed by atoms with Gasteiger partial charge in [0.15, 0.2) is 0 Å². The van der Waals surface area contributed by atoms with Gasteiger partial charge in [-0.2, -0.15) is 24.4 Å². The van der Waals surface area contributed by atoms with Gasteiger partial charge >= 0.3 is 5.97 Å². The number of carboxylic acids is 1. The molecule has 33 heavy (non-hydrogen) atoms. The number of aliphatic carboxylic acids is 1. The Morgan fingerprint density at radius 3 is 2.24 bits per heavy atom. The summed E-state index contributed by atoms with van der Waals surface area (Å²) in [5.41, 5.74) is 6.40. The number of H-pyrrole nitrogens is 1. The number of amides is 3. The summed E-state index contributed by atoms with van der Waals surface area (Å²) in [4.78, 5) is 56.2. The Balaban J connectivity index is 2.84. The van der Waals surface area contributed by atoms with Crippen molar-refractivity contribution in [2.75, 3.05) is 17.8 Å². The van der Waals surface area contributed by atoms with E-state index >= 15 is 0 Å². The molecule has 4 unspecified atom stereocenters. The van der Waals surface area contributed by atoms with Crippen LogP contribution in [0.5, 0.6) is 0 Å². The molecule has 0 aliphatic carbocycles. The lowest BCUT2D eigenvalue weighted by Crippen LogP contribution is -2.58. The van der Waals surface area contributed by atoms with Gasteiger partial charge in [-0.05, 0) is 30.8 Å². The normalized spacial score (nSPS) is 14.7. The first-order chi connectivity index (χ1) is 15.6. The molecule has 3 amide bonds. The van der Waals surface area contributed by atoms with Gasteiger partial charge < -0.3 is 31.8 Å². The molecule has 1 aromatic heterocycles. The summed E-state index contributed by atoms with van der Waals surface area (Å²) in [6, 6.07) is -3.96. The molecule has 1 heterocycles. The Kier molecular flexibility index (Phi) is 12.9. The second kappa shape index (κ2) is 14.8. The molecule has 7 N–H and O–H groups in total. The topological polar surface area (TPSA) is 179 Å². The lowest BCUT2D eigenvalue weighted by Gasteiger charge is -2.25. The number of aromatic amines is 1. The maximum Gasteiger partial charge on any atom is 0.326 e. The molecule has 0 bridgehead atoms. The van der Waals surface area contributed by atoms with E-state index in [0.717, 1.165) is 0 Å². The Morgan fingerprint density at radius 2 is 1.73 bits per heavy atom. The van der Waals surface area contributed by atoms with Crippen molar-refractivity contribution < 1.29 is 24.3 Å². The summed E-state index contributed by atoms with van der Waals surface area (Å²) in [6.07, 6.45) is 5.52. The van der Waals surface area contributed by atoms with E-state index < -0.39 is 47.9 Å². The third-order valence-corrected chi connectivity index (χ3v) is 5.73. The molecule has 0 saturated heterocycles. The molecule has 0 aliphatic heterocycles. The van der Waals surface area contributed by atoms with Crippen molar-refractivity contribution >= 4 is 48.1 Å². The summed E-state index contributed by atoms with van der Waals surface area (Å²) >= 11 is 5.69. The standard InChI is InChI=1S/C20H34N6O5S2/c1-11(2)6-14(18(28)25-15(20(30)31)7-12-8-22-10-23-12)24-19(29)16(9-32)26-17(27)13(21)4-5-33-3/h8,10-11,13-16,32H,4-7,9,21H2,1-3H3,(H,22,23)(H,24,29)(H,25,28)(H,26,27)(H,30,31). The van der Waals surface area contributed by atoms with E-state index in [4.69, 9.17) is 5.73 Å². The highest BCUT2D eigenvalue weighted by molar-refractivity contribution is 7.98. The van der Waals surface area contributed by atoms with Gasteiger partial charge in [0.25, 0.3) is 0 Å². The van der Waals surface area contributed by atoms with Crippen LogP contribution in [-0.4, -0.2) is 80.7 Å². The molecular weight excluding hydrogens is 468 g/mol. The van der Waals surface area contributed by atoms with Crippen LogP contribution in [0.2, 0.25) is 0 Å². The molecule has 0 saturated carbocycles. The van der Waals surface area contributed by atoms with Gasteiger partial charge in [0.1, 0.15) is 18.1 Å². The zero-order valence-electron chi connectivity index (χ0n) is 19.0. The van der Waals surface area contributed by atoms with Crippen LogP contribution in [0.25, 0.3) is 0 Å². The number of carbonyl (C=O) groups excluding carboxylic acids is 3. The predicted molar refractivity (Wildman–Crippen MR) is 130 cm³/mol. The van der Waals surface area contributed by atoms with E-state index in [9.17, 15) is 24.3 Å². The number of thiol groups is 1. The molecule has 13 heteroatoms. The van der Waals surface area contributed by atoms with Crippen molar-refractivity contribution in [1.29, 1.82) is 0 Å². The molecule has 0 aliphatic rings. The molecule has 11 nitrogen and oxygen atoms in total. The molecule has 0 aromatic carbocycles. The number of hydrogen-bond acceptors (Lipinski definition) is 8. The van der Waals surface area contributed by atoms with Crippen LogP contribution >= 0.6 is 24.4 Å². The minimum absolute atomic E-state index is 0.000411. The van der Waals surface area contributed by atoms with Crippen molar-refractivity contribution in [3.63, 3.8) is 0 Å². The summed E-state index contributed by atoms with van der Waals surface area (Å²) in [6.45, 7) is 3.74. The van der Waals surface area contributed by atoms with Crippen molar-refractivity contribution in [2.45, 2.75) is 57.3 Å². The van der Waals surface area contributed by atoms with E-state index in [0.29, 0.717) is 17.9 Å². The van der Waals surface area contributed by atoms with Gasteiger partial charge in [-0.15, -0.1) is 0 Å². The van der Waals surface area contributed by atoms with Gasteiger partial charge in [0.2, 0.25) is 17.7 Å². The fraction of sp³-hybridized carbons (Fsp3) is 0.650. The van der Waals surface area contributed by atoms with E-state index in [-0.39, 0.29) is 24.5 Å². The number of aromatic nitrogens is 2. The third kappa shape index (κ3) is 10.5. The summed E-state index contributed by atoms with van der Waals surface area (Å²) < 4.78 is 0. The van der Waals surface area contributed by atoms with Crippen molar-refractivity contribution in [3.05, 3.63) is 18.2 Å². The Morgan fingerprint density at radius 1 is 1.12 bits per heavy atom. The Bertz CT molecular complexity index is 777. The van der Waals surface area contributed by atoms with Gasteiger partial charge in [-0.3, -0.25) is 14.4 Å². The predicted octanol–water partition coefficient (Wildman–Crippen LogP) is -0.452. The van der Waals surface area contributed by atoms with Crippen LogP contribution in [-0.2, 0) is 25.6 Å². The largest absolute Gasteiger partial charge is 0.480 e. The Hall–Kier alpha value is -2.25. The number of hydrogen-bond donors (Lipinski definition) is 7. The first kappa shape index (κ1) is 28.8. The smallest absolute Gasteiger partial charge is 0.326 e. The van der Waals surface area contributed by atoms with Crippen LogP contribution < -0.4 is 21.7 Å². The second-order valence-electron chi connectivity index (χ2n) is 8.00. The molecule has 4 atom stereocenters. The minimum atomic E-state index is -1.22. The van der Waals surface area contributed by atoms with E-state index in [2.05, 4.69) is 38.5 Å². The molecule has 0 spiro atoms. The molecule has 186 valence electrons. The van der Waals surface area contributed by atoms with Crippen LogP contribution in [0.3, 0.4) is 0 Å². The van der Waals surface area contributed by atoms with Gasteiger partial charge in [0.05, 0.1) is 12.4 Å². The SMILES string of the molecule is CSCCC(N)C(=O)NC(CS)C(=O)NC(CC(C)C)C(=O)NC(Cc1cnc[nH]1)C(=O)O. The zero-order chi connectivity index (χ0) is 25.0. The van der Waals surface area contributed by atoms with E-state index in [1.165, 1.54) is 12.5 Å². The average molecular weight is 503 g/mol. The minimum Gasteiger partial charge on any atom is -0.480 e. The lowest BCUT2D eigenvalue weighted by molar-refractivity contribution is -0.142. The number of nitrogens with one attached hydrogen (secondary N) is 4. The molecular formula is C20H34N6O5S2. The average Bonchev–Trinajstić information content (AvgIpc) is 3.27. The van der Waals surface area contributed by atoms with Crippen molar-refractivity contribution in [3.8, 4) is 0 Å². The first-order valence-electron chi connectivity index (χ1n) is 10.6. The van der Waals surface area contributed by atoms with E-state index in [1.807, 2.05) is 20.1 Å². The number of imidazole rings is 1. The number of nitrogens with two attached hydrogens (primary N) is 1. The summed E-state index contributed by atoms with van der Waals surface area (Å²) in [7, 11) is 0. The van der Waals surface area contributed by atoms with Crippen molar-refractivity contribution in [1.82, 2.24) is 25.9 Å². The third-order valence-electron chi connectivity index (χ3n) is 4.72. The fourth-order valence-electron chi connectivity index (χ4n) is 2.91.